The highest BCUT2D eigenvalue weighted by molar-refractivity contribution is 6.02. The lowest BCUT2D eigenvalue weighted by Crippen LogP contribution is -2.28. The molecule has 1 aromatic carbocycles. The van der Waals surface area contributed by atoms with Gasteiger partial charge in [-0.3, -0.25) is 4.79 Å². The number of nitrogens with zero attached hydrogens (tertiary/aromatic N) is 2. The molecule has 0 atom stereocenters. The lowest BCUT2D eigenvalue weighted by atomic mass is 9.94. The average molecular weight is 444 g/mol. The Morgan fingerprint density at radius 3 is 2.41 bits per heavy atom. The summed E-state index contributed by atoms with van der Waals surface area (Å²) in [6.45, 7) is 4.56. The van der Waals surface area contributed by atoms with Gasteiger partial charge in [0.25, 0.3) is 5.91 Å². The highest BCUT2D eigenvalue weighted by atomic mass is 35.5. The maximum absolute atomic E-state index is 13.1. The van der Waals surface area contributed by atoms with Gasteiger partial charge in [-0.1, -0.05) is 12.1 Å². The molecule has 2 heterocycles. The lowest BCUT2D eigenvalue weighted by molar-refractivity contribution is 0.100. The number of rotatable bonds is 5. The molecule has 0 aliphatic carbocycles. The van der Waals surface area contributed by atoms with Gasteiger partial charge < -0.3 is 21.4 Å². The van der Waals surface area contributed by atoms with Gasteiger partial charge in [-0.05, 0) is 63.0 Å². The minimum Gasteiger partial charge on any atom is -0.370 e. The zero-order valence-electron chi connectivity index (χ0n) is 16.4. The van der Waals surface area contributed by atoms with E-state index in [1.54, 1.807) is 12.1 Å². The summed E-state index contributed by atoms with van der Waals surface area (Å²) in [7, 11) is 0. The maximum Gasteiger partial charge on any atom is 0.282 e. The summed E-state index contributed by atoms with van der Waals surface area (Å²) in [5, 5.41) is 3.37. The SMILES string of the molecule is Cc1c(C(=O)N=C(N)N)cc(C2CCNCC2)n1CCc1ccc(F)cc1.Cl.Cl. The standard InChI is InChI=1S/C20H26FN5O.2ClH/c1-13-17(19(27)25-20(22)23)12-18(15-6-9-24-10-7-15)26(13)11-8-14-2-4-16(21)5-3-14;;/h2-5,12,15,24H,6-11H2,1H3,(H4,22,23,25,27);2*1H. The number of nitrogens with two attached hydrogens (primary N) is 2. The molecule has 1 fully saturated rings. The van der Waals surface area contributed by atoms with Crippen molar-refractivity contribution in [1.82, 2.24) is 9.88 Å². The van der Waals surface area contributed by atoms with Crippen LogP contribution in [0.4, 0.5) is 4.39 Å². The number of hydrogen-bond acceptors (Lipinski definition) is 2. The molecule has 0 bridgehead atoms. The first-order chi connectivity index (χ1) is 13.0. The van der Waals surface area contributed by atoms with E-state index in [0.717, 1.165) is 49.3 Å². The Morgan fingerprint density at radius 2 is 1.83 bits per heavy atom. The fraction of sp³-hybridized carbons (Fsp3) is 0.400. The third kappa shape index (κ3) is 6.19. The summed E-state index contributed by atoms with van der Waals surface area (Å²) in [5.74, 6) is -0.500. The molecule has 5 N–H and O–H groups in total. The van der Waals surface area contributed by atoms with E-state index in [1.165, 1.54) is 12.1 Å². The number of aryl methyl sites for hydroxylation is 1. The van der Waals surface area contributed by atoms with E-state index in [4.69, 9.17) is 11.5 Å². The molecule has 9 heteroatoms. The van der Waals surface area contributed by atoms with Crippen molar-refractivity contribution in [2.75, 3.05) is 13.1 Å². The highest BCUT2D eigenvalue weighted by Gasteiger charge is 2.24. The number of aromatic nitrogens is 1. The Balaban J connectivity index is 0.00000210. The van der Waals surface area contributed by atoms with Crippen LogP contribution in [0.15, 0.2) is 35.3 Å². The minimum absolute atomic E-state index is 0. The van der Waals surface area contributed by atoms with Gasteiger partial charge in [-0.25, -0.2) is 4.39 Å². The van der Waals surface area contributed by atoms with Crippen LogP contribution in [-0.4, -0.2) is 29.5 Å². The quantitative estimate of drug-likeness (QED) is 0.488. The number of carbonyl (C=O) groups excluding carboxylic acids is 1. The summed E-state index contributed by atoms with van der Waals surface area (Å²) in [4.78, 5) is 16.1. The second-order valence-electron chi connectivity index (χ2n) is 6.96. The Labute approximate surface area is 182 Å². The third-order valence-corrected chi connectivity index (χ3v) is 5.15. The number of guanidine groups is 1. The Hall–Kier alpha value is -2.09. The normalized spacial score (nSPS) is 13.9. The van der Waals surface area contributed by atoms with Crippen molar-refractivity contribution in [3.05, 3.63) is 58.7 Å². The molecule has 1 amide bonds. The highest BCUT2D eigenvalue weighted by Crippen LogP contribution is 2.30. The number of amides is 1. The number of hydrogen-bond donors (Lipinski definition) is 3. The minimum atomic E-state index is -0.414. The van der Waals surface area contributed by atoms with Gasteiger partial charge in [0.15, 0.2) is 5.96 Å². The van der Waals surface area contributed by atoms with Crippen molar-refractivity contribution in [2.45, 2.75) is 38.6 Å². The van der Waals surface area contributed by atoms with Crippen LogP contribution in [0.25, 0.3) is 0 Å². The van der Waals surface area contributed by atoms with E-state index < -0.39 is 5.91 Å². The van der Waals surface area contributed by atoms with E-state index >= 15 is 0 Å². The third-order valence-electron chi connectivity index (χ3n) is 5.15. The second kappa shape index (κ2) is 11.2. The van der Waals surface area contributed by atoms with Crippen LogP contribution in [0, 0.1) is 12.7 Å². The largest absolute Gasteiger partial charge is 0.370 e. The van der Waals surface area contributed by atoms with Gasteiger partial charge in [0.2, 0.25) is 0 Å². The van der Waals surface area contributed by atoms with Crippen molar-refractivity contribution in [1.29, 1.82) is 0 Å². The molecular weight excluding hydrogens is 416 g/mol. The fourth-order valence-electron chi connectivity index (χ4n) is 3.71. The molecule has 0 unspecified atom stereocenters. The first kappa shape index (κ1) is 24.9. The molecule has 1 aromatic heterocycles. The van der Waals surface area contributed by atoms with Gasteiger partial charge in [0.05, 0.1) is 5.56 Å². The van der Waals surface area contributed by atoms with E-state index in [0.29, 0.717) is 18.0 Å². The molecule has 0 saturated carbocycles. The van der Waals surface area contributed by atoms with Crippen molar-refractivity contribution in [2.24, 2.45) is 16.5 Å². The number of piperidine rings is 1. The predicted molar refractivity (Wildman–Crippen MR) is 119 cm³/mol. The number of aliphatic imine (C=N–C) groups is 1. The fourth-order valence-corrected chi connectivity index (χ4v) is 3.71. The zero-order valence-corrected chi connectivity index (χ0v) is 18.0. The molecular formula is C20H28Cl2FN5O. The molecule has 1 saturated heterocycles. The topological polar surface area (TPSA) is 98.4 Å². The van der Waals surface area contributed by atoms with Crippen molar-refractivity contribution in [3.8, 4) is 0 Å². The van der Waals surface area contributed by atoms with Crippen LogP contribution in [-0.2, 0) is 13.0 Å². The summed E-state index contributed by atoms with van der Waals surface area (Å²) < 4.78 is 15.3. The summed E-state index contributed by atoms with van der Waals surface area (Å²) >= 11 is 0. The van der Waals surface area contributed by atoms with Gasteiger partial charge in [0, 0.05) is 23.9 Å². The van der Waals surface area contributed by atoms with Crippen molar-refractivity contribution >= 4 is 36.7 Å². The number of halogens is 3. The molecule has 2 aromatic rings. The monoisotopic (exact) mass is 443 g/mol. The molecule has 0 radical (unpaired) electrons. The zero-order chi connectivity index (χ0) is 19.4. The van der Waals surface area contributed by atoms with Gasteiger partial charge in [-0.2, -0.15) is 4.99 Å². The van der Waals surface area contributed by atoms with Gasteiger partial charge in [-0.15, -0.1) is 24.8 Å². The van der Waals surface area contributed by atoms with E-state index in [-0.39, 0.29) is 36.6 Å². The lowest BCUT2D eigenvalue weighted by Gasteiger charge is -2.25. The Morgan fingerprint density at radius 1 is 1.21 bits per heavy atom. The summed E-state index contributed by atoms with van der Waals surface area (Å²) in [6, 6.07) is 8.47. The average Bonchev–Trinajstić information content (AvgIpc) is 2.98. The van der Waals surface area contributed by atoms with E-state index in [9.17, 15) is 9.18 Å². The van der Waals surface area contributed by atoms with Crippen LogP contribution < -0.4 is 16.8 Å². The molecule has 1 aliphatic rings. The van der Waals surface area contributed by atoms with E-state index in [1.807, 2.05) is 13.0 Å². The van der Waals surface area contributed by atoms with Crippen LogP contribution >= 0.6 is 24.8 Å². The van der Waals surface area contributed by atoms with Crippen LogP contribution in [0.5, 0.6) is 0 Å². The molecule has 0 spiro atoms. The first-order valence-electron chi connectivity index (χ1n) is 9.25. The van der Waals surface area contributed by atoms with E-state index in [2.05, 4.69) is 14.9 Å². The summed E-state index contributed by atoms with van der Waals surface area (Å²) in [6.07, 6.45) is 2.80. The van der Waals surface area contributed by atoms with Crippen LogP contribution in [0.3, 0.4) is 0 Å². The second-order valence-corrected chi connectivity index (χ2v) is 6.96. The Bertz CT molecular complexity index is 841. The van der Waals surface area contributed by atoms with Crippen molar-refractivity contribution < 1.29 is 9.18 Å². The smallest absolute Gasteiger partial charge is 0.282 e. The molecule has 3 rings (SSSR count). The molecule has 160 valence electrons. The maximum atomic E-state index is 13.1. The number of benzene rings is 1. The number of carbonyl (C=O) groups is 1. The van der Waals surface area contributed by atoms with Crippen LogP contribution in [0.2, 0.25) is 0 Å². The molecule has 6 nitrogen and oxygen atoms in total. The molecule has 29 heavy (non-hydrogen) atoms. The predicted octanol–water partition coefficient (Wildman–Crippen LogP) is 2.90. The van der Waals surface area contributed by atoms with Gasteiger partial charge in [0.1, 0.15) is 5.82 Å². The summed E-state index contributed by atoms with van der Waals surface area (Å²) in [5.41, 5.74) is 14.4. The first-order valence-corrected chi connectivity index (χ1v) is 9.25. The number of nitrogens with one attached hydrogen (secondary N) is 1. The Kier molecular flexibility index (Phi) is 9.62. The van der Waals surface area contributed by atoms with Gasteiger partial charge >= 0.3 is 0 Å². The van der Waals surface area contributed by atoms with Crippen molar-refractivity contribution in [3.63, 3.8) is 0 Å². The van der Waals surface area contributed by atoms with Crippen LogP contribution in [0.1, 0.15) is 46.1 Å². The molecule has 1 aliphatic heterocycles.